The summed E-state index contributed by atoms with van der Waals surface area (Å²) < 4.78 is 3.09. The molecular formula is C26H27BrN8O. The summed E-state index contributed by atoms with van der Waals surface area (Å²) in [6.45, 7) is 5.79. The maximum Gasteiger partial charge on any atom is 0.229 e. The number of carbonyl (C=O) groups excluding carboxylic acids is 1. The summed E-state index contributed by atoms with van der Waals surface area (Å²) in [6.07, 6.45) is 9.23. The zero-order valence-corrected chi connectivity index (χ0v) is 22.0. The van der Waals surface area contributed by atoms with Crippen molar-refractivity contribution in [3.05, 3.63) is 69.9 Å². The van der Waals surface area contributed by atoms with Gasteiger partial charge in [-0.3, -0.25) is 4.79 Å². The van der Waals surface area contributed by atoms with Crippen LogP contribution in [0.5, 0.6) is 0 Å². The fourth-order valence-corrected chi connectivity index (χ4v) is 5.14. The van der Waals surface area contributed by atoms with Gasteiger partial charge in [0.2, 0.25) is 5.91 Å². The van der Waals surface area contributed by atoms with Gasteiger partial charge in [0.25, 0.3) is 0 Å². The van der Waals surface area contributed by atoms with E-state index >= 15 is 0 Å². The minimum absolute atomic E-state index is 0.0558. The Morgan fingerprint density at radius 2 is 1.92 bits per heavy atom. The van der Waals surface area contributed by atoms with Crippen molar-refractivity contribution in [2.24, 2.45) is 5.92 Å². The predicted molar refractivity (Wildman–Crippen MR) is 140 cm³/mol. The second-order valence-electron chi connectivity index (χ2n) is 9.84. The summed E-state index contributed by atoms with van der Waals surface area (Å²) in [5.41, 5.74) is 4.05. The zero-order valence-electron chi connectivity index (χ0n) is 20.4. The van der Waals surface area contributed by atoms with Gasteiger partial charge in [-0.2, -0.15) is 0 Å². The Hall–Kier alpha value is -3.40. The number of aromatic nitrogens is 6. The molecule has 4 heterocycles. The molecule has 0 saturated heterocycles. The van der Waals surface area contributed by atoms with Crippen LogP contribution in [0.2, 0.25) is 0 Å². The third-order valence-electron chi connectivity index (χ3n) is 6.76. The van der Waals surface area contributed by atoms with Crippen molar-refractivity contribution >= 4 is 39.1 Å². The monoisotopic (exact) mass is 546 g/mol. The van der Waals surface area contributed by atoms with Gasteiger partial charge < -0.3 is 15.0 Å². The van der Waals surface area contributed by atoms with E-state index in [-0.39, 0.29) is 23.8 Å². The van der Waals surface area contributed by atoms with Crippen molar-refractivity contribution in [1.82, 2.24) is 29.3 Å². The van der Waals surface area contributed by atoms with Crippen LogP contribution in [0.4, 0.5) is 11.6 Å². The Kier molecular flexibility index (Phi) is 5.70. The van der Waals surface area contributed by atoms with Crippen LogP contribution in [-0.2, 0) is 4.79 Å². The van der Waals surface area contributed by atoms with E-state index in [1.807, 2.05) is 26.8 Å². The molecule has 36 heavy (non-hydrogen) atoms. The number of rotatable bonds is 7. The largest absolute Gasteiger partial charge is 0.362 e. The molecule has 2 unspecified atom stereocenters. The molecule has 0 aromatic carbocycles. The smallest absolute Gasteiger partial charge is 0.229 e. The van der Waals surface area contributed by atoms with E-state index in [0.29, 0.717) is 23.4 Å². The van der Waals surface area contributed by atoms with Gasteiger partial charge in [-0.1, -0.05) is 0 Å². The lowest BCUT2D eigenvalue weighted by Crippen LogP contribution is -2.17. The molecule has 2 saturated carbocycles. The van der Waals surface area contributed by atoms with E-state index in [1.165, 1.54) is 18.4 Å². The summed E-state index contributed by atoms with van der Waals surface area (Å²) in [7, 11) is 0. The molecule has 4 aromatic heterocycles. The van der Waals surface area contributed by atoms with Crippen LogP contribution in [0.15, 0.2) is 41.3 Å². The van der Waals surface area contributed by atoms with Crippen LogP contribution in [0.25, 0.3) is 5.65 Å². The van der Waals surface area contributed by atoms with Crippen LogP contribution in [0.1, 0.15) is 72.7 Å². The molecule has 0 radical (unpaired) electrons. The van der Waals surface area contributed by atoms with Crippen molar-refractivity contribution in [3.8, 4) is 0 Å². The number of imidazole rings is 1. The number of hydrogen-bond donors (Lipinski definition) is 2. The molecule has 6 rings (SSSR count). The minimum atomic E-state index is -0.144. The van der Waals surface area contributed by atoms with Gasteiger partial charge in [0.15, 0.2) is 5.65 Å². The standard InChI is InChI=1S/C26H27BrN8O/c1-13-6-7-28-24(29-13)18-9-19(18)26(36)34-23-10-22(31-15(3)32-23)30-14(2)21-12-35-11-17(16-4-5-16)8-20(27)25(35)33-21/h6-8,10-12,14,16,18-19H,4-5,9H2,1-3H3,(H2,30,31,32,34,36)/t14-,18?,19?/m1/s1. The van der Waals surface area contributed by atoms with Crippen LogP contribution in [0, 0.1) is 19.8 Å². The number of anilines is 2. The van der Waals surface area contributed by atoms with Crippen LogP contribution >= 0.6 is 15.9 Å². The van der Waals surface area contributed by atoms with Crippen LogP contribution < -0.4 is 10.6 Å². The number of aryl methyl sites for hydroxylation is 2. The van der Waals surface area contributed by atoms with Gasteiger partial charge in [0.05, 0.1) is 16.2 Å². The van der Waals surface area contributed by atoms with E-state index < -0.39 is 0 Å². The van der Waals surface area contributed by atoms with Crippen molar-refractivity contribution in [2.45, 2.75) is 57.9 Å². The maximum atomic E-state index is 12.9. The molecule has 0 aliphatic heterocycles. The molecule has 2 aliphatic rings. The lowest BCUT2D eigenvalue weighted by atomic mass is 10.2. The fourth-order valence-electron chi connectivity index (χ4n) is 4.58. The lowest BCUT2D eigenvalue weighted by molar-refractivity contribution is -0.117. The van der Waals surface area contributed by atoms with Gasteiger partial charge >= 0.3 is 0 Å². The molecule has 184 valence electrons. The molecule has 2 N–H and O–H groups in total. The first-order valence-corrected chi connectivity index (χ1v) is 13.0. The Morgan fingerprint density at radius 3 is 2.69 bits per heavy atom. The third-order valence-corrected chi connectivity index (χ3v) is 7.35. The number of amides is 1. The Morgan fingerprint density at radius 1 is 1.11 bits per heavy atom. The normalized spacial score (nSPS) is 19.8. The van der Waals surface area contributed by atoms with Gasteiger partial charge in [0.1, 0.15) is 23.3 Å². The molecule has 1 amide bonds. The Labute approximate surface area is 217 Å². The minimum Gasteiger partial charge on any atom is -0.362 e. The summed E-state index contributed by atoms with van der Waals surface area (Å²) in [6, 6.07) is 5.71. The van der Waals surface area contributed by atoms with E-state index in [4.69, 9.17) is 4.98 Å². The van der Waals surface area contributed by atoms with Crippen LogP contribution in [-0.4, -0.2) is 35.2 Å². The number of pyridine rings is 1. The third kappa shape index (κ3) is 4.69. The number of fused-ring (bicyclic) bond motifs is 1. The number of nitrogens with one attached hydrogen (secondary N) is 2. The molecule has 0 bridgehead atoms. The second-order valence-corrected chi connectivity index (χ2v) is 10.7. The average molecular weight is 547 g/mol. The second kappa shape index (κ2) is 8.92. The van der Waals surface area contributed by atoms with Gasteiger partial charge in [-0.05, 0) is 79.6 Å². The first-order valence-electron chi connectivity index (χ1n) is 12.2. The summed E-state index contributed by atoms with van der Waals surface area (Å²) in [5, 5.41) is 6.37. The SMILES string of the molecule is Cc1ccnc(C2CC2C(=O)Nc2cc(N[C@H](C)c3cn4cc(C5CC5)cc(Br)c4n3)nc(C)n2)n1. The average Bonchev–Trinajstić information content (AvgIpc) is 3.75. The van der Waals surface area contributed by atoms with Gasteiger partial charge in [-0.25, -0.2) is 24.9 Å². The van der Waals surface area contributed by atoms with E-state index in [0.717, 1.165) is 33.8 Å². The Bertz CT molecular complexity index is 1480. The first-order chi connectivity index (χ1) is 17.3. The molecule has 3 atom stereocenters. The zero-order chi connectivity index (χ0) is 25.0. The van der Waals surface area contributed by atoms with Crippen molar-refractivity contribution in [1.29, 1.82) is 0 Å². The van der Waals surface area contributed by atoms with Crippen LogP contribution in [0.3, 0.4) is 0 Å². The molecule has 4 aromatic rings. The highest BCUT2D eigenvalue weighted by Crippen LogP contribution is 2.46. The number of carbonyl (C=O) groups is 1. The topological polar surface area (TPSA) is 110 Å². The van der Waals surface area contributed by atoms with Gasteiger partial charge in [0, 0.05) is 42.2 Å². The fraction of sp³-hybridized carbons (Fsp3) is 0.385. The number of halogens is 1. The van der Waals surface area contributed by atoms with Crippen molar-refractivity contribution in [2.75, 3.05) is 10.6 Å². The molecule has 0 spiro atoms. The molecule has 2 fully saturated rings. The molecular weight excluding hydrogens is 520 g/mol. The quantitative estimate of drug-likeness (QED) is 0.332. The lowest BCUT2D eigenvalue weighted by Gasteiger charge is -2.14. The first kappa shape index (κ1) is 23.0. The maximum absolute atomic E-state index is 12.9. The summed E-state index contributed by atoms with van der Waals surface area (Å²) in [5.74, 6) is 2.92. The highest BCUT2D eigenvalue weighted by molar-refractivity contribution is 9.10. The summed E-state index contributed by atoms with van der Waals surface area (Å²) >= 11 is 3.68. The highest BCUT2D eigenvalue weighted by atomic mass is 79.9. The molecule has 9 nitrogen and oxygen atoms in total. The van der Waals surface area contributed by atoms with Crippen molar-refractivity contribution < 1.29 is 4.79 Å². The van der Waals surface area contributed by atoms with E-state index in [1.54, 1.807) is 12.3 Å². The molecule has 2 aliphatic carbocycles. The van der Waals surface area contributed by atoms with E-state index in [2.05, 4.69) is 69.4 Å². The molecule has 10 heteroatoms. The van der Waals surface area contributed by atoms with Gasteiger partial charge in [-0.15, -0.1) is 0 Å². The number of nitrogens with zero attached hydrogens (tertiary/aromatic N) is 6. The predicted octanol–water partition coefficient (Wildman–Crippen LogP) is 5.09. The highest BCUT2D eigenvalue weighted by Gasteiger charge is 2.46. The Balaban J connectivity index is 1.15. The van der Waals surface area contributed by atoms with E-state index in [9.17, 15) is 4.79 Å². The summed E-state index contributed by atoms with van der Waals surface area (Å²) in [4.78, 5) is 35.4. The number of hydrogen-bond acceptors (Lipinski definition) is 7. The van der Waals surface area contributed by atoms with Crippen molar-refractivity contribution in [3.63, 3.8) is 0 Å².